The highest BCUT2D eigenvalue weighted by atomic mass is 16.2. The molecule has 0 aliphatic carbocycles. The number of anilines is 2. The molecule has 2 aromatic carbocycles. The van der Waals surface area contributed by atoms with Crippen LogP contribution in [-0.2, 0) is 11.2 Å². The van der Waals surface area contributed by atoms with Gasteiger partial charge in [-0.25, -0.2) is 4.79 Å². The SMILES string of the molecule is Cc1ccc(C)c(NC(=O)NC(C)C#Cc2cccc3c2CCC(=O)N3)c1. The maximum atomic E-state index is 12.2. The Morgan fingerprint density at radius 1 is 1.19 bits per heavy atom. The van der Waals surface area contributed by atoms with Crippen LogP contribution >= 0.6 is 0 Å². The van der Waals surface area contributed by atoms with E-state index in [4.69, 9.17) is 0 Å². The summed E-state index contributed by atoms with van der Waals surface area (Å²) in [5, 5.41) is 8.58. The molecule has 0 bridgehead atoms. The number of aryl methyl sites for hydroxylation is 2. The van der Waals surface area contributed by atoms with E-state index >= 15 is 0 Å². The van der Waals surface area contributed by atoms with Crippen molar-refractivity contribution in [2.24, 2.45) is 0 Å². The van der Waals surface area contributed by atoms with E-state index < -0.39 is 0 Å². The predicted octanol–water partition coefficient (Wildman–Crippen LogP) is 3.75. The summed E-state index contributed by atoms with van der Waals surface area (Å²) in [6.45, 7) is 5.78. The lowest BCUT2D eigenvalue weighted by Crippen LogP contribution is -2.35. The van der Waals surface area contributed by atoms with Crippen LogP contribution in [0.15, 0.2) is 36.4 Å². The average molecular weight is 361 g/mol. The summed E-state index contributed by atoms with van der Waals surface area (Å²) in [6, 6.07) is 11.0. The Labute approximate surface area is 159 Å². The minimum Gasteiger partial charge on any atom is -0.326 e. The van der Waals surface area contributed by atoms with Gasteiger partial charge in [-0.05, 0) is 62.1 Å². The second-order valence-corrected chi connectivity index (χ2v) is 6.79. The van der Waals surface area contributed by atoms with Gasteiger partial charge in [0.15, 0.2) is 0 Å². The molecule has 1 aliphatic rings. The van der Waals surface area contributed by atoms with Crippen molar-refractivity contribution >= 4 is 23.3 Å². The van der Waals surface area contributed by atoms with E-state index in [1.54, 1.807) is 0 Å². The van der Waals surface area contributed by atoms with E-state index in [9.17, 15) is 9.59 Å². The van der Waals surface area contributed by atoms with Crippen LogP contribution in [0.25, 0.3) is 0 Å². The summed E-state index contributed by atoms with van der Waals surface area (Å²) in [4.78, 5) is 23.7. The number of amides is 3. The molecule has 1 atom stereocenters. The molecule has 1 aliphatic heterocycles. The van der Waals surface area contributed by atoms with Gasteiger partial charge in [0, 0.05) is 23.4 Å². The largest absolute Gasteiger partial charge is 0.326 e. The summed E-state index contributed by atoms with van der Waals surface area (Å²) in [6.07, 6.45) is 1.15. The molecule has 3 amide bonds. The van der Waals surface area contributed by atoms with E-state index in [0.29, 0.717) is 12.8 Å². The molecule has 5 nitrogen and oxygen atoms in total. The number of hydrogen-bond donors (Lipinski definition) is 3. The Bertz CT molecular complexity index is 954. The minimum absolute atomic E-state index is 0.0331. The fraction of sp³-hybridized carbons (Fsp3) is 0.273. The molecule has 2 aromatic rings. The normalized spacial score (nSPS) is 13.5. The number of nitrogens with one attached hydrogen (secondary N) is 3. The lowest BCUT2D eigenvalue weighted by atomic mass is 9.97. The zero-order valence-electron chi connectivity index (χ0n) is 15.8. The van der Waals surface area contributed by atoms with Crippen molar-refractivity contribution in [2.45, 2.75) is 39.7 Å². The number of fused-ring (bicyclic) bond motifs is 1. The predicted molar refractivity (Wildman–Crippen MR) is 108 cm³/mol. The molecule has 0 saturated carbocycles. The highest BCUT2D eigenvalue weighted by Crippen LogP contribution is 2.25. The molecule has 138 valence electrons. The van der Waals surface area contributed by atoms with E-state index in [-0.39, 0.29) is 18.0 Å². The topological polar surface area (TPSA) is 70.2 Å². The lowest BCUT2D eigenvalue weighted by Gasteiger charge is -2.17. The zero-order valence-corrected chi connectivity index (χ0v) is 15.8. The van der Waals surface area contributed by atoms with Crippen LogP contribution in [0.2, 0.25) is 0 Å². The molecule has 0 saturated heterocycles. The summed E-state index contributed by atoms with van der Waals surface area (Å²) >= 11 is 0. The van der Waals surface area contributed by atoms with Gasteiger partial charge < -0.3 is 16.0 Å². The first kappa shape index (κ1) is 18.5. The van der Waals surface area contributed by atoms with Crippen LogP contribution in [0, 0.1) is 25.7 Å². The van der Waals surface area contributed by atoms with Gasteiger partial charge in [-0.1, -0.05) is 30.0 Å². The van der Waals surface area contributed by atoms with Gasteiger partial charge in [0.05, 0.1) is 6.04 Å². The number of hydrogen-bond acceptors (Lipinski definition) is 2. The Kier molecular flexibility index (Phi) is 5.46. The van der Waals surface area contributed by atoms with Crippen LogP contribution in [0.1, 0.15) is 35.6 Å². The fourth-order valence-electron chi connectivity index (χ4n) is 2.99. The summed E-state index contributed by atoms with van der Waals surface area (Å²) in [5.74, 6) is 6.23. The van der Waals surface area contributed by atoms with E-state index in [1.807, 2.05) is 57.2 Å². The second-order valence-electron chi connectivity index (χ2n) is 6.79. The van der Waals surface area contributed by atoms with Crippen LogP contribution in [-0.4, -0.2) is 18.0 Å². The zero-order chi connectivity index (χ0) is 19.4. The minimum atomic E-state index is -0.316. The standard InChI is InChI=1S/C22H23N3O2/c1-14-7-8-15(2)20(13-14)25-22(27)23-16(3)9-10-17-5-4-6-19-18(17)11-12-21(26)24-19/h4-8,13,16H,11-12H2,1-3H3,(H,24,26)(H2,23,25,27). The maximum absolute atomic E-state index is 12.2. The highest BCUT2D eigenvalue weighted by molar-refractivity contribution is 5.94. The number of urea groups is 1. The van der Waals surface area contributed by atoms with Crippen molar-refractivity contribution in [1.29, 1.82) is 0 Å². The third-order valence-corrected chi connectivity index (χ3v) is 4.46. The van der Waals surface area contributed by atoms with Crippen molar-refractivity contribution in [3.05, 3.63) is 58.7 Å². The highest BCUT2D eigenvalue weighted by Gasteiger charge is 2.16. The Morgan fingerprint density at radius 3 is 2.81 bits per heavy atom. The molecule has 3 N–H and O–H groups in total. The number of benzene rings is 2. The van der Waals surface area contributed by atoms with Gasteiger partial charge in [0.2, 0.25) is 5.91 Å². The summed E-state index contributed by atoms with van der Waals surface area (Å²) in [7, 11) is 0. The lowest BCUT2D eigenvalue weighted by molar-refractivity contribution is -0.116. The van der Waals surface area contributed by atoms with Gasteiger partial charge in [-0.3, -0.25) is 4.79 Å². The fourth-order valence-corrected chi connectivity index (χ4v) is 2.99. The first-order chi connectivity index (χ1) is 12.9. The molecular formula is C22H23N3O2. The third kappa shape index (κ3) is 4.68. The number of carbonyl (C=O) groups is 2. The molecule has 3 rings (SSSR count). The van der Waals surface area contributed by atoms with Gasteiger partial charge in [-0.2, -0.15) is 0 Å². The molecule has 0 fully saturated rings. The smallest absolute Gasteiger partial charge is 0.320 e. The van der Waals surface area contributed by atoms with Crippen molar-refractivity contribution in [1.82, 2.24) is 5.32 Å². The third-order valence-electron chi connectivity index (χ3n) is 4.46. The average Bonchev–Trinajstić information content (AvgIpc) is 2.62. The molecule has 27 heavy (non-hydrogen) atoms. The van der Waals surface area contributed by atoms with Crippen molar-refractivity contribution < 1.29 is 9.59 Å². The summed E-state index contributed by atoms with van der Waals surface area (Å²) in [5.41, 5.74) is 5.65. The first-order valence-electron chi connectivity index (χ1n) is 9.00. The Morgan fingerprint density at radius 2 is 2.00 bits per heavy atom. The molecule has 0 aromatic heterocycles. The molecule has 0 radical (unpaired) electrons. The van der Waals surface area contributed by atoms with Gasteiger partial charge >= 0.3 is 6.03 Å². The second kappa shape index (κ2) is 7.96. The molecule has 0 spiro atoms. The molecule has 1 heterocycles. The number of rotatable bonds is 2. The monoisotopic (exact) mass is 361 g/mol. The number of carbonyl (C=O) groups excluding carboxylic acids is 2. The maximum Gasteiger partial charge on any atom is 0.320 e. The van der Waals surface area contributed by atoms with E-state index in [1.165, 1.54) is 0 Å². The summed E-state index contributed by atoms with van der Waals surface area (Å²) < 4.78 is 0. The van der Waals surface area contributed by atoms with Crippen LogP contribution in [0.3, 0.4) is 0 Å². The van der Waals surface area contributed by atoms with Gasteiger partial charge in [-0.15, -0.1) is 0 Å². The van der Waals surface area contributed by atoms with Crippen molar-refractivity contribution in [3.8, 4) is 11.8 Å². The van der Waals surface area contributed by atoms with Gasteiger partial charge in [0.1, 0.15) is 0 Å². The van der Waals surface area contributed by atoms with Crippen molar-refractivity contribution in [2.75, 3.05) is 10.6 Å². The van der Waals surface area contributed by atoms with E-state index in [2.05, 4.69) is 27.8 Å². The van der Waals surface area contributed by atoms with Crippen LogP contribution in [0.4, 0.5) is 16.2 Å². The molecular weight excluding hydrogens is 338 g/mol. The quantitative estimate of drug-likeness (QED) is 0.713. The molecule has 1 unspecified atom stereocenters. The Hall–Kier alpha value is -3.26. The first-order valence-corrected chi connectivity index (χ1v) is 9.00. The van der Waals surface area contributed by atoms with Crippen LogP contribution < -0.4 is 16.0 Å². The molecule has 5 heteroatoms. The van der Waals surface area contributed by atoms with Crippen molar-refractivity contribution in [3.63, 3.8) is 0 Å². The van der Waals surface area contributed by atoms with Crippen LogP contribution in [0.5, 0.6) is 0 Å². The van der Waals surface area contributed by atoms with Gasteiger partial charge in [0.25, 0.3) is 0 Å². The Balaban J connectivity index is 1.66. The van der Waals surface area contributed by atoms with E-state index in [0.717, 1.165) is 33.6 Å².